The number of thioether (sulfide) groups is 2. The van der Waals surface area contributed by atoms with Crippen LogP contribution in [0.3, 0.4) is 0 Å². The molecule has 1 aliphatic carbocycles. The van der Waals surface area contributed by atoms with Crippen molar-refractivity contribution in [3.05, 3.63) is 0 Å². The highest BCUT2D eigenvalue weighted by atomic mass is 32.2. The van der Waals surface area contributed by atoms with Crippen molar-refractivity contribution in [2.75, 3.05) is 44.4 Å². The third kappa shape index (κ3) is 5.58. The number of carbonyl (C=O) groups is 1. The number of nitrogens with zero attached hydrogens (tertiary/aromatic N) is 3. The number of carbonyl (C=O) groups excluding carboxylic acids is 1. The number of ether oxygens (including phenoxy) is 1. The van der Waals surface area contributed by atoms with Crippen LogP contribution in [0.5, 0.6) is 0 Å². The van der Waals surface area contributed by atoms with E-state index >= 15 is 0 Å². The number of aromatic nitrogens is 2. The van der Waals surface area contributed by atoms with Gasteiger partial charge in [0.05, 0.1) is 19.0 Å². The molecule has 2 heterocycles. The Bertz CT molecular complexity index is 572. The van der Waals surface area contributed by atoms with Crippen molar-refractivity contribution in [2.45, 2.75) is 53.2 Å². The summed E-state index contributed by atoms with van der Waals surface area (Å²) in [6.07, 6.45) is 6.17. The van der Waals surface area contributed by atoms with Crippen molar-refractivity contribution in [1.29, 1.82) is 0 Å². The van der Waals surface area contributed by atoms with E-state index in [1.807, 2.05) is 0 Å². The molecule has 26 heavy (non-hydrogen) atoms. The van der Waals surface area contributed by atoms with Gasteiger partial charge in [-0.15, -0.1) is 10.2 Å². The predicted octanol–water partition coefficient (Wildman–Crippen LogP) is 2.89. The van der Waals surface area contributed by atoms with Crippen molar-refractivity contribution in [3.8, 4) is 0 Å². The summed E-state index contributed by atoms with van der Waals surface area (Å²) in [5.74, 6) is 1.49. The lowest BCUT2D eigenvalue weighted by atomic mass is 9.79. The SMILES string of the molecule is CCSc1nnc(SCC(=O)NCC2(N3CCOCC3)CCCCC2)s1. The van der Waals surface area contributed by atoms with Gasteiger partial charge in [-0.1, -0.05) is 61.0 Å². The summed E-state index contributed by atoms with van der Waals surface area (Å²) < 4.78 is 7.37. The summed E-state index contributed by atoms with van der Waals surface area (Å²) in [7, 11) is 0. The van der Waals surface area contributed by atoms with Crippen LogP contribution in [-0.4, -0.2) is 70.9 Å². The molecule has 1 aliphatic heterocycles. The smallest absolute Gasteiger partial charge is 0.230 e. The minimum absolute atomic E-state index is 0.0908. The lowest BCUT2D eigenvalue weighted by Crippen LogP contribution is -2.59. The van der Waals surface area contributed by atoms with E-state index < -0.39 is 0 Å². The average molecular weight is 417 g/mol. The first-order chi connectivity index (χ1) is 12.7. The molecule has 0 spiro atoms. The van der Waals surface area contributed by atoms with Gasteiger partial charge in [0.15, 0.2) is 8.68 Å². The maximum Gasteiger partial charge on any atom is 0.230 e. The van der Waals surface area contributed by atoms with E-state index in [1.54, 1.807) is 23.1 Å². The number of rotatable bonds is 8. The Labute approximate surface area is 168 Å². The van der Waals surface area contributed by atoms with Gasteiger partial charge in [0, 0.05) is 25.2 Å². The molecule has 9 heteroatoms. The van der Waals surface area contributed by atoms with Crippen LogP contribution >= 0.6 is 34.9 Å². The van der Waals surface area contributed by atoms with Crippen molar-refractivity contribution in [3.63, 3.8) is 0 Å². The number of morpholine rings is 1. The molecular formula is C17H28N4O2S3. The van der Waals surface area contributed by atoms with Gasteiger partial charge in [-0.2, -0.15) is 0 Å². The lowest BCUT2D eigenvalue weighted by Gasteiger charge is -2.48. The van der Waals surface area contributed by atoms with E-state index in [1.165, 1.54) is 43.9 Å². The molecule has 0 aromatic carbocycles. The molecule has 2 fully saturated rings. The number of nitrogens with one attached hydrogen (secondary N) is 1. The number of hydrogen-bond donors (Lipinski definition) is 1. The second-order valence-electron chi connectivity index (χ2n) is 6.72. The first kappa shape index (κ1) is 20.4. The molecule has 1 saturated heterocycles. The normalized spacial score (nSPS) is 20.8. The first-order valence-electron chi connectivity index (χ1n) is 9.40. The van der Waals surface area contributed by atoms with Crippen LogP contribution in [-0.2, 0) is 9.53 Å². The molecule has 1 aromatic heterocycles. The fourth-order valence-electron chi connectivity index (χ4n) is 3.73. The van der Waals surface area contributed by atoms with E-state index in [2.05, 4.69) is 27.3 Å². The zero-order chi connectivity index (χ0) is 18.2. The molecular weight excluding hydrogens is 388 g/mol. The van der Waals surface area contributed by atoms with Gasteiger partial charge < -0.3 is 10.1 Å². The second kappa shape index (κ2) is 10.3. The van der Waals surface area contributed by atoms with Crippen molar-refractivity contribution in [2.24, 2.45) is 0 Å². The highest BCUT2D eigenvalue weighted by Crippen LogP contribution is 2.34. The van der Waals surface area contributed by atoms with Crippen molar-refractivity contribution >= 4 is 40.8 Å². The van der Waals surface area contributed by atoms with E-state index in [0.717, 1.165) is 47.3 Å². The van der Waals surface area contributed by atoms with Gasteiger partial charge in [-0.3, -0.25) is 9.69 Å². The average Bonchev–Trinajstić information content (AvgIpc) is 3.14. The zero-order valence-corrected chi connectivity index (χ0v) is 17.8. The molecule has 0 unspecified atom stereocenters. The summed E-state index contributed by atoms with van der Waals surface area (Å²) in [4.78, 5) is 15.0. The van der Waals surface area contributed by atoms with Gasteiger partial charge >= 0.3 is 0 Å². The fourth-order valence-corrected chi connectivity index (χ4v) is 6.48. The van der Waals surface area contributed by atoms with E-state index in [0.29, 0.717) is 5.75 Å². The maximum atomic E-state index is 12.4. The zero-order valence-electron chi connectivity index (χ0n) is 15.4. The minimum atomic E-state index is 0.0908. The number of amides is 1. The van der Waals surface area contributed by atoms with Gasteiger partial charge in [-0.05, 0) is 18.6 Å². The Morgan fingerprint density at radius 3 is 2.58 bits per heavy atom. The van der Waals surface area contributed by atoms with Crippen LogP contribution in [0.15, 0.2) is 8.68 Å². The highest BCUT2D eigenvalue weighted by Gasteiger charge is 2.38. The Morgan fingerprint density at radius 1 is 1.19 bits per heavy atom. The van der Waals surface area contributed by atoms with Crippen LogP contribution in [0, 0.1) is 0 Å². The van der Waals surface area contributed by atoms with E-state index in [9.17, 15) is 4.79 Å². The van der Waals surface area contributed by atoms with Gasteiger partial charge in [0.25, 0.3) is 0 Å². The van der Waals surface area contributed by atoms with Crippen LogP contribution in [0.1, 0.15) is 39.0 Å². The third-order valence-electron chi connectivity index (χ3n) is 5.06. The summed E-state index contributed by atoms with van der Waals surface area (Å²) in [6.45, 7) is 6.42. The molecule has 0 radical (unpaired) electrons. The monoisotopic (exact) mass is 416 g/mol. The van der Waals surface area contributed by atoms with Crippen molar-refractivity contribution < 1.29 is 9.53 Å². The quantitative estimate of drug-likeness (QED) is 0.654. The molecule has 6 nitrogen and oxygen atoms in total. The second-order valence-corrected chi connectivity index (χ2v) is 10.4. The van der Waals surface area contributed by atoms with Gasteiger partial charge in [0.2, 0.25) is 5.91 Å². The topological polar surface area (TPSA) is 67.4 Å². The highest BCUT2D eigenvalue weighted by molar-refractivity contribution is 8.03. The summed E-state index contributed by atoms with van der Waals surface area (Å²) in [5.41, 5.74) is 0.121. The largest absolute Gasteiger partial charge is 0.379 e. The summed E-state index contributed by atoms with van der Waals surface area (Å²) in [5, 5.41) is 11.5. The molecule has 1 amide bonds. The minimum Gasteiger partial charge on any atom is -0.379 e. The summed E-state index contributed by atoms with van der Waals surface area (Å²) >= 11 is 4.74. The molecule has 2 aliphatic rings. The molecule has 0 bridgehead atoms. The standard InChI is InChI=1S/C17H28N4O2S3/c1-2-24-15-19-20-16(26-15)25-12-14(22)18-13-17(6-4-3-5-7-17)21-8-10-23-11-9-21/h2-13H2,1H3,(H,18,22). The Kier molecular flexibility index (Phi) is 8.05. The third-order valence-corrected chi connectivity index (χ3v) is 8.14. The Balaban J connectivity index is 1.48. The van der Waals surface area contributed by atoms with Crippen LogP contribution < -0.4 is 5.32 Å². The van der Waals surface area contributed by atoms with Crippen LogP contribution in [0.2, 0.25) is 0 Å². The molecule has 3 rings (SSSR count). The molecule has 146 valence electrons. The van der Waals surface area contributed by atoms with Gasteiger partial charge in [0.1, 0.15) is 0 Å². The van der Waals surface area contributed by atoms with E-state index in [4.69, 9.17) is 4.74 Å². The Hall–Kier alpha value is -0.350. The Morgan fingerprint density at radius 2 is 1.88 bits per heavy atom. The van der Waals surface area contributed by atoms with E-state index in [-0.39, 0.29) is 11.4 Å². The first-order valence-corrected chi connectivity index (χ1v) is 12.2. The fraction of sp³-hybridized carbons (Fsp3) is 0.824. The molecule has 1 aromatic rings. The van der Waals surface area contributed by atoms with Gasteiger partial charge in [-0.25, -0.2) is 0 Å². The van der Waals surface area contributed by atoms with Crippen molar-refractivity contribution in [1.82, 2.24) is 20.4 Å². The maximum absolute atomic E-state index is 12.4. The lowest BCUT2D eigenvalue weighted by molar-refractivity contribution is -0.119. The molecule has 1 N–H and O–H groups in total. The molecule has 1 saturated carbocycles. The predicted molar refractivity (Wildman–Crippen MR) is 108 cm³/mol. The number of hydrogen-bond acceptors (Lipinski definition) is 8. The molecule has 0 atom stereocenters. The van der Waals surface area contributed by atoms with Crippen LogP contribution in [0.25, 0.3) is 0 Å². The summed E-state index contributed by atoms with van der Waals surface area (Å²) in [6, 6.07) is 0. The van der Waals surface area contributed by atoms with Crippen LogP contribution in [0.4, 0.5) is 0 Å².